The Labute approximate surface area is 256 Å². The van der Waals surface area contributed by atoms with Gasteiger partial charge in [-0.1, -0.05) is 41.9 Å². The highest BCUT2D eigenvalue weighted by Crippen LogP contribution is 2.34. The summed E-state index contributed by atoms with van der Waals surface area (Å²) < 4.78 is 45.2. The van der Waals surface area contributed by atoms with Gasteiger partial charge >= 0.3 is 5.97 Å². The van der Waals surface area contributed by atoms with Gasteiger partial charge < -0.3 is 35.1 Å². The minimum absolute atomic E-state index is 0.0153. The van der Waals surface area contributed by atoms with E-state index in [1.54, 1.807) is 24.3 Å². The van der Waals surface area contributed by atoms with Crippen LogP contribution >= 0.6 is 11.6 Å². The van der Waals surface area contributed by atoms with Gasteiger partial charge in [0, 0.05) is 19.4 Å². The Morgan fingerprint density at radius 2 is 1.89 bits per heavy atom. The number of carbonyl (C=O) groups excluding carboxylic acids is 5. The van der Waals surface area contributed by atoms with E-state index in [1.807, 2.05) is 6.07 Å². The van der Waals surface area contributed by atoms with Crippen LogP contribution in [0.5, 0.6) is 5.75 Å². The van der Waals surface area contributed by atoms with Crippen LogP contribution in [0.1, 0.15) is 42.6 Å². The van der Waals surface area contributed by atoms with Crippen molar-refractivity contribution in [1.82, 2.24) is 15.5 Å². The van der Waals surface area contributed by atoms with Crippen molar-refractivity contribution in [1.29, 1.82) is 0 Å². The smallest absolute Gasteiger partial charge is 0.310 e. The van der Waals surface area contributed by atoms with Crippen molar-refractivity contribution in [2.24, 2.45) is 0 Å². The lowest BCUT2D eigenvalue weighted by Crippen LogP contribution is -2.54. The lowest BCUT2D eigenvalue weighted by Gasteiger charge is -2.28. The number of cyclic esters (lactones) is 1. The number of halogens is 3. The number of anilines is 1. The highest BCUT2D eigenvalue weighted by Gasteiger charge is 2.51. The predicted octanol–water partition coefficient (Wildman–Crippen LogP) is 2.64. The molecule has 236 valence electrons. The number of ether oxygens (including phenoxy) is 3. The Balaban J connectivity index is 1.44. The summed E-state index contributed by atoms with van der Waals surface area (Å²) in [5, 5.41) is 7.45. The summed E-state index contributed by atoms with van der Waals surface area (Å²) in [7, 11) is 1.28. The van der Waals surface area contributed by atoms with E-state index in [0.717, 1.165) is 5.56 Å². The third-order valence-corrected chi connectivity index (χ3v) is 7.28. The molecule has 4 rings (SSSR count). The van der Waals surface area contributed by atoms with Crippen molar-refractivity contribution in [3.05, 3.63) is 58.6 Å². The third-order valence-electron chi connectivity index (χ3n) is 6.97. The van der Waals surface area contributed by atoms with Gasteiger partial charge in [0.2, 0.25) is 24.0 Å². The molecule has 44 heavy (non-hydrogen) atoms. The fourth-order valence-corrected chi connectivity index (χ4v) is 5.10. The maximum atomic E-state index is 14.6. The van der Waals surface area contributed by atoms with Crippen LogP contribution in [0.4, 0.5) is 14.5 Å². The molecule has 2 aromatic rings. The largest absolute Gasteiger partial charge is 0.496 e. The molecular weight excluding hydrogens is 606 g/mol. The second-order valence-electron chi connectivity index (χ2n) is 10.4. The average molecular weight is 637 g/mol. The molecule has 0 aliphatic carbocycles. The van der Waals surface area contributed by atoms with Crippen LogP contribution in [0.2, 0.25) is 5.02 Å². The van der Waals surface area contributed by atoms with Gasteiger partial charge in [-0.3, -0.25) is 24.0 Å². The molecule has 2 aliphatic rings. The fourth-order valence-electron chi connectivity index (χ4n) is 4.89. The molecule has 2 aromatic carbocycles. The number of esters is 1. The molecule has 15 heteroatoms. The van der Waals surface area contributed by atoms with E-state index >= 15 is 0 Å². The number of rotatable bonds is 10. The minimum Gasteiger partial charge on any atom is -0.496 e. The van der Waals surface area contributed by atoms with Gasteiger partial charge in [0.25, 0.3) is 11.8 Å². The summed E-state index contributed by atoms with van der Waals surface area (Å²) in [6.45, 7) is 1.56. The Bertz CT molecular complexity index is 1440. The summed E-state index contributed by atoms with van der Waals surface area (Å²) in [6.07, 6.45) is -2.37. The number of hydrogen-bond donors (Lipinski definition) is 3. The van der Waals surface area contributed by atoms with E-state index in [1.165, 1.54) is 33.1 Å². The summed E-state index contributed by atoms with van der Waals surface area (Å²) in [6, 6.07) is 7.62. The number of alkyl halides is 2. The van der Waals surface area contributed by atoms with Gasteiger partial charge in [0.1, 0.15) is 23.9 Å². The van der Waals surface area contributed by atoms with Crippen molar-refractivity contribution >= 4 is 46.9 Å². The molecule has 0 bridgehead atoms. The normalized spacial score (nSPS) is 21.3. The Morgan fingerprint density at radius 1 is 1.18 bits per heavy atom. The van der Waals surface area contributed by atoms with E-state index in [2.05, 4.69) is 16.0 Å². The van der Waals surface area contributed by atoms with Crippen LogP contribution in [0, 0.1) is 0 Å². The lowest BCUT2D eigenvalue weighted by atomic mass is 10.1. The van der Waals surface area contributed by atoms with E-state index in [9.17, 15) is 32.8 Å². The first kappa shape index (κ1) is 32.6. The first-order valence-electron chi connectivity index (χ1n) is 13.6. The fraction of sp³-hybridized carbons (Fsp3) is 0.414. The Kier molecular flexibility index (Phi) is 10.0. The molecule has 2 heterocycles. The minimum atomic E-state index is -3.39. The highest BCUT2D eigenvalue weighted by atomic mass is 35.5. The monoisotopic (exact) mass is 636 g/mol. The van der Waals surface area contributed by atoms with Gasteiger partial charge in [-0.15, -0.1) is 0 Å². The number of carbonyl (C=O) groups is 5. The quantitative estimate of drug-likeness (QED) is 0.337. The molecule has 12 nitrogen and oxygen atoms in total. The first-order chi connectivity index (χ1) is 20.8. The molecule has 2 fully saturated rings. The van der Waals surface area contributed by atoms with E-state index < -0.39 is 72.9 Å². The van der Waals surface area contributed by atoms with Crippen LogP contribution in [0.25, 0.3) is 0 Å². The van der Waals surface area contributed by atoms with Gasteiger partial charge in [-0.25, -0.2) is 8.78 Å². The number of amides is 4. The molecule has 0 radical (unpaired) electrons. The summed E-state index contributed by atoms with van der Waals surface area (Å²) >= 11 is 6.18. The molecule has 2 saturated heterocycles. The molecule has 0 aromatic heterocycles. The van der Waals surface area contributed by atoms with E-state index in [0.29, 0.717) is 4.90 Å². The number of nitrogens with zero attached hydrogens (tertiary/aromatic N) is 1. The molecule has 2 aliphatic heterocycles. The molecule has 1 unspecified atom stereocenters. The SMILES string of the molecule is COc1cc(NC(C)=O)c(Cl)cc1C(=O)N[C@@H](C)C(=O)N1CC(F)(F)C[C@H]1C(=O)NC1CC(=O)O[C@H]1OCc1ccccc1. The molecule has 0 saturated carbocycles. The van der Waals surface area contributed by atoms with E-state index in [-0.39, 0.29) is 35.1 Å². The number of nitrogens with one attached hydrogen (secondary N) is 3. The van der Waals surface area contributed by atoms with Crippen LogP contribution in [0.15, 0.2) is 42.5 Å². The number of benzene rings is 2. The topological polar surface area (TPSA) is 152 Å². The third kappa shape index (κ3) is 7.80. The molecule has 4 amide bonds. The zero-order valence-electron chi connectivity index (χ0n) is 24.0. The Hall–Kier alpha value is -4.30. The second-order valence-corrected chi connectivity index (χ2v) is 10.8. The molecular formula is C29H31ClF2N4O8. The standard InChI is InChI=1S/C29H31ClF2N4O8/c1-15(33-25(39)18-9-19(30)20(34-16(2)37)10-23(18)42-3)27(41)36-14-29(31,32)12-22(36)26(40)35-21-11-24(38)44-28(21)43-13-17-7-5-4-6-8-17/h4-10,15,21-22,28H,11-14H2,1-3H3,(H,33,39)(H,34,37)(H,35,40)/t15-,21?,22-,28+/m0/s1. The van der Waals surface area contributed by atoms with Crippen molar-refractivity contribution in [2.45, 2.75) is 63.6 Å². The molecule has 3 N–H and O–H groups in total. The maximum Gasteiger partial charge on any atom is 0.310 e. The lowest BCUT2D eigenvalue weighted by molar-refractivity contribution is -0.168. The van der Waals surface area contributed by atoms with Gasteiger partial charge in [-0.2, -0.15) is 0 Å². The van der Waals surface area contributed by atoms with Crippen molar-refractivity contribution in [3.8, 4) is 5.75 Å². The maximum absolute atomic E-state index is 14.6. The van der Waals surface area contributed by atoms with Crippen molar-refractivity contribution in [3.63, 3.8) is 0 Å². The van der Waals surface area contributed by atoms with Crippen LogP contribution in [-0.2, 0) is 35.3 Å². The molecule has 4 atom stereocenters. The first-order valence-corrected chi connectivity index (χ1v) is 14.0. The Morgan fingerprint density at radius 3 is 2.55 bits per heavy atom. The van der Waals surface area contributed by atoms with Gasteiger partial charge in [0.05, 0.1) is 43.0 Å². The average Bonchev–Trinajstić information content (AvgIpc) is 3.49. The summed E-state index contributed by atoms with van der Waals surface area (Å²) in [5.41, 5.74) is 0.888. The van der Waals surface area contributed by atoms with Gasteiger partial charge in [0.15, 0.2) is 0 Å². The van der Waals surface area contributed by atoms with Crippen LogP contribution in [0.3, 0.4) is 0 Å². The number of likely N-dealkylation sites (tertiary alicyclic amines) is 1. The second kappa shape index (κ2) is 13.6. The van der Waals surface area contributed by atoms with Crippen molar-refractivity contribution in [2.75, 3.05) is 19.0 Å². The van der Waals surface area contributed by atoms with Crippen molar-refractivity contribution < 1.29 is 47.0 Å². The number of methoxy groups -OCH3 is 1. The zero-order valence-corrected chi connectivity index (χ0v) is 24.8. The van der Waals surface area contributed by atoms with E-state index in [4.69, 9.17) is 25.8 Å². The molecule has 0 spiro atoms. The van der Waals surface area contributed by atoms with Crippen LogP contribution < -0.4 is 20.7 Å². The van der Waals surface area contributed by atoms with Crippen LogP contribution in [-0.4, -0.2) is 78.5 Å². The van der Waals surface area contributed by atoms with Gasteiger partial charge in [-0.05, 0) is 18.6 Å². The summed E-state index contributed by atoms with van der Waals surface area (Å²) in [5.74, 6) is -7.09. The number of hydrogen-bond acceptors (Lipinski definition) is 8. The highest BCUT2D eigenvalue weighted by molar-refractivity contribution is 6.34. The summed E-state index contributed by atoms with van der Waals surface area (Å²) in [4.78, 5) is 63.7. The predicted molar refractivity (Wildman–Crippen MR) is 152 cm³/mol. The zero-order chi connectivity index (χ0) is 32.2.